The fraction of sp³-hybridized carbons (Fsp3) is 0.0909. The van der Waals surface area contributed by atoms with Crippen LogP contribution < -0.4 is 4.18 Å². The van der Waals surface area contributed by atoms with Gasteiger partial charge in [0.05, 0.1) is 0 Å². The quantitative estimate of drug-likeness (QED) is 0.438. The van der Waals surface area contributed by atoms with E-state index in [-0.39, 0.29) is 5.75 Å². The second kappa shape index (κ2) is 4.82. The van der Waals surface area contributed by atoms with E-state index >= 15 is 0 Å². The molecule has 0 bridgehead atoms. The maximum atomic E-state index is 12.2. The zero-order chi connectivity index (χ0) is 14.3. The minimum Gasteiger partial charge on any atom is -0.376 e. The third-order valence-electron chi connectivity index (χ3n) is 2.29. The molecule has 0 fully saturated rings. The standard InChI is InChI=1S/C11H6F3IO3S/c12-11(13,14)19(16,17)18-8-5-4-7-2-1-3-10(15)9(7)6-8/h1-6H. The van der Waals surface area contributed by atoms with E-state index in [0.717, 1.165) is 8.96 Å². The minimum atomic E-state index is -5.63. The Bertz CT molecular complexity index is 726. The number of rotatable bonds is 2. The molecule has 19 heavy (non-hydrogen) atoms. The molecule has 8 heteroatoms. The molecule has 0 saturated heterocycles. The molecule has 0 radical (unpaired) electrons. The molecule has 0 N–H and O–H groups in total. The van der Waals surface area contributed by atoms with Gasteiger partial charge in [0.15, 0.2) is 0 Å². The lowest BCUT2D eigenvalue weighted by molar-refractivity contribution is -0.0500. The first-order valence-corrected chi connectivity index (χ1v) is 7.38. The van der Waals surface area contributed by atoms with Crippen LogP contribution in [0.3, 0.4) is 0 Å². The molecule has 102 valence electrons. The van der Waals surface area contributed by atoms with Crippen LogP contribution in [0.1, 0.15) is 0 Å². The Balaban J connectivity index is 2.46. The van der Waals surface area contributed by atoms with Crippen LogP contribution in [0.15, 0.2) is 36.4 Å². The first-order chi connectivity index (χ1) is 8.71. The molecule has 0 unspecified atom stereocenters. The third kappa shape index (κ3) is 2.94. The normalized spacial score (nSPS) is 12.6. The second-order valence-electron chi connectivity index (χ2n) is 3.61. The maximum Gasteiger partial charge on any atom is 0.534 e. The lowest BCUT2D eigenvalue weighted by Gasteiger charge is -2.10. The van der Waals surface area contributed by atoms with Crippen LogP contribution >= 0.6 is 22.6 Å². The molecule has 0 atom stereocenters. The number of hydrogen-bond acceptors (Lipinski definition) is 3. The first-order valence-electron chi connectivity index (χ1n) is 4.90. The van der Waals surface area contributed by atoms with Crippen LogP contribution in [0.5, 0.6) is 5.75 Å². The van der Waals surface area contributed by atoms with Crippen molar-refractivity contribution in [2.24, 2.45) is 0 Å². The van der Waals surface area contributed by atoms with Crippen LogP contribution in [-0.4, -0.2) is 13.9 Å². The molecule has 2 rings (SSSR count). The molecule has 0 aliphatic rings. The molecule has 3 nitrogen and oxygen atoms in total. The Morgan fingerprint density at radius 2 is 1.79 bits per heavy atom. The summed E-state index contributed by atoms with van der Waals surface area (Å²) in [5.41, 5.74) is -5.44. The summed E-state index contributed by atoms with van der Waals surface area (Å²) in [6.45, 7) is 0. The van der Waals surface area contributed by atoms with Gasteiger partial charge in [0.1, 0.15) is 5.75 Å². The molecule has 0 saturated carbocycles. The molecule has 0 heterocycles. The van der Waals surface area contributed by atoms with Crippen LogP contribution in [0.2, 0.25) is 0 Å². The molecule has 0 spiro atoms. The highest BCUT2D eigenvalue weighted by atomic mass is 127. The van der Waals surface area contributed by atoms with Crippen molar-refractivity contribution in [2.75, 3.05) is 0 Å². The topological polar surface area (TPSA) is 43.4 Å². The number of fused-ring (bicyclic) bond motifs is 1. The highest BCUT2D eigenvalue weighted by molar-refractivity contribution is 14.1. The maximum absolute atomic E-state index is 12.2. The van der Waals surface area contributed by atoms with E-state index in [0.29, 0.717) is 5.39 Å². The first kappa shape index (κ1) is 14.4. The molecular formula is C11H6F3IO3S. The zero-order valence-corrected chi connectivity index (χ0v) is 12.1. The molecular weight excluding hydrogens is 396 g/mol. The van der Waals surface area contributed by atoms with Crippen molar-refractivity contribution < 1.29 is 25.8 Å². The molecule has 2 aromatic carbocycles. The van der Waals surface area contributed by atoms with E-state index in [1.165, 1.54) is 18.2 Å². The SMILES string of the molecule is O=S(=O)(Oc1ccc2cccc(I)c2c1)C(F)(F)F. The third-order valence-corrected chi connectivity index (χ3v) is 4.21. The predicted octanol–water partition coefficient (Wildman–Crippen LogP) is 3.67. The number of halogens is 4. The fourth-order valence-electron chi connectivity index (χ4n) is 1.44. The van der Waals surface area contributed by atoms with Crippen molar-refractivity contribution >= 4 is 43.5 Å². The second-order valence-corrected chi connectivity index (χ2v) is 6.31. The summed E-state index contributed by atoms with van der Waals surface area (Å²) in [5, 5.41) is 1.40. The molecule has 0 aromatic heterocycles. The van der Waals surface area contributed by atoms with E-state index in [1.807, 2.05) is 22.6 Å². The van der Waals surface area contributed by atoms with Gasteiger partial charge in [-0.25, -0.2) is 0 Å². The Morgan fingerprint density at radius 3 is 2.42 bits per heavy atom. The van der Waals surface area contributed by atoms with Gasteiger partial charge in [-0.1, -0.05) is 18.2 Å². The fourth-order valence-corrected chi connectivity index (χ4v) is 2.57. The Labute approximate surface area is 120 Å². The minimum absolute atomic E-state index is 0.367. The van der Waals surface area contributed by atoms with Crippen molar-refractivity contribution in [2.45, 2.75) is 5.51 Å². The lowest BCUT2D eigenvalue weighted by Crippen LogP contribution is -2.28. The van der Waals surface area contributed by atoms with Crippen molar-refractivity contribution in [3.05, 3.63) is 40.0 Å². The van der Waals surface area contributed by atoms with Crippen molar-refractivity contribution in [3.8, 4) is 5.75 Å². The number of hydrogen-bond donors (Lipinski definition) is 0. The summed E-state index contributed by atoms with van der Waals surface area (Å²) in [4.78, 5) is 0. The van der Waals surface area contributed by atoms with E-state index in [9.17, 15) is 21.6 Å². The summed E-state index contributed by atoms with van der Waals surface area (Å²) in [5.74, 6) is -0.367. The van der Waals surface area contributed by atoms with E-state index < -0.39 is 15.6 Å². The van der Waals surface area contributed by atoms with E-state index in [2.05, 4.69) is 4.18 Å². The summed E-state index contributed by atoms with van der Waals surface area (Å²) < 4.78 is 63.2. The van der Waals surface area contributed by atoms with Crippen LogP contribution in [0, 0.1) is 3.57 Å². The summed E-state index contributed by atoms with van der Waals surface area (Å²) >= 11 is 2.00. The molecule has 2 aromatic rings. The van der Waals surface area contributed by atoms with Gasteiger partial charge in [-0.15, -0.1) is 0 Å². The van der Waals surface area contributed by atoms with Gasteiger partial charge in [0.2, 0.25) is 0 Å². The van der Waals surface area contributed by atoms with Gasteiger partial charge in [0.25, 0.3) is 0 Å². The van der Waals surface area contributed by atoms with Crippen LogP contribution in [0.4, 0.5) is 13.2 Å². The zero-order valence-electron chi connectivity index (χ0n) is 9.11. The highest BCUT2D eigenvalue weighted by Gasteiger charge is 2.48. The monoisotopic (exact) mass is 402 g/mol. The van der Waals surface area contributed by atoms with Crippen LogP contribution in [0.25, 0.3) is 10.8 Å². The average molecular weight is 402 g/mol. The predicted molar refractivity (Wildman–Crippen MR) is 72.3 cm³/mol. The number of alkyl halides is 3. The Kier molecular flexibility index (Phi) is 3.65. The molecule has 0 aliphatic heterocycles. The Hall–Kier alpha value is -1.03. The lowest BCUT2D eigenvalue weighted by atomic mass is 10.1. The highest BCUT2D eigenvalue weighted by Crippen LogP contribution is 2.30. The Morgan fingerprint density at radius 1 is 1.11 bits per heavy atom. The van der Waals surface area contributed by atoms with Gasteiger partial charge in [-0.3, -0.25) is 0 Å². The van der Waals surface area contributed by atoms with E-state index in [4.69, 9.17) is 0 Å². The average Bonchev–Trinajstić information content (AvgIpc) is 2.28. The van der Waals surface area contributed by atoms with Gasteiger partial charge in [-0.2, -0.15) is 21.6 Å². The van der Waals surface area contributed by atoms with E-state index in [1.54, 1.807) is 18.2 Å². The van der Waals surface area contributed by atoms with Crippen LogP contribution in [-0.2, 0) is 10.1 Å². The molecule has 0 amide bonds. The largest absolute Gasteiger partial charge is 0.534 e. The van der Waals surface area contributed by atoms with Crippen molar-refractivity contribution in [1.29, 1.82) is 0 Å². The van der Waals surface area contributed by atoms with Gasteiger partial charge >= 0.3 is 15.6 Å². The van der Waals surface area contributed by atoms with Crippen molar-refractivity contribution in [3.63, 3.8) is 0 Å². The molecule has 0 aliphatic carbocycles. The van der Waals surface area contributed by atoms with Crippen molar-refractivity contribution in [1.82, 2.24) is 0 Å². The van der Waals surface area contributed by atoms with Gasteiger partial charge < -0.3 is 4.18 Å². The van der Waals surface area contributed by atoms with Gasteiger partial charge in [-0.05, 0) is 51.6 Å². The summed E-state index contributed by atoms with van der Waals surface area (Å²) in [6.07, 6.45) is 0. The smallest absolute Gasteiger partial charge is 0.376 e. The van der Waals surface area contributed by atoms with Gasteiger partial charge in [0, 0.05) is 3.57 Å². The summed E-state index contributed by atoms with van der Waals surface area (Å²) in [6, 6.07) is 9.25. The number of benzene rings is 2. The summed E-state index contributed by atoms with van der Waals surface area (Å²) in [7, 11) is -5.63.